The minimum Gasteiger partial charge on any atom is -0.390 e. The Bertz CT molecular complexity index is 1460. The molecule has 50 heavy (non-hydrogen) atoms. The first-order valence-corrected chi connectivity index (χ1v) is 17.9. The van der Waals surface area contributed by atoms with Crippen LogP contribution in [0.1, 0.15) is 82.4 Å². The number of nitrogens with one attached hydrogen (secondary N) is 5. The first kappa shape index (κ1) is 38.5. The number of primary amides is 1. The van der Waals surface area contributed by atoms with Crippen LogP contribution in [0.3, 0.4) is 0 Å². The van der Waals surface area contributed by atoms with Gasteiger partial charge in [-0.3, -0.25) is 24.0 Å². The van der Waals surface area contributed by atoms with E-state index >= 15 is 0 Å². The van der Waals surface area contributed by atoms with Gasteiger partial charge >= 0.3 is 0 Å². The molecule has 0 spiro atoms. The molecule has 0 radical (unpaired) electrons. The quantitative estimate of drug-likeness (QED) is 0.140. The SMILES string of the molecule is CC(C)[C@H](NC(=O)C1Cc2ccccc2CN1)C(=O)N[C@@H](CC1CCCCC1)[C@@H](O)CC(=O)N[C@@H](C)C(=O)N[C@@H](Cc1ccccc1)C(N)=O. The summed E-state index contributed by atoms with van der Waals surface area (Å²) < 4.78 is 0. The van der Waals surface area contributed by atoms with Crippen molar-refractivity contribution < 1.29 is 29.1 Å². The molecule has 272 valence electrons. The average molecular weight is 691 g/mol. The van der Waals surface area contributed by atoms with E-state index in [1.54, 1.807) is 0 Å². The molecule has 1 heterocycles. The number of aliphatic hydroxyl groups is 1. The fourth-order valence-electron chi connectivity index (χ4n) is 6.86. The van der Waals surface area contributed by atoms with Crippen LogP contribution in [0.5, 0.6) is 0 Å². The van der Waals surface area contributed by atoms with Crippen LogP contribution in [0.25, 0.3) is 0 Å². The monoisotopic (exact) mass is 690 g/mol. The molecule has 1 fully saturated rings. The van der Waals surface area contributed by atoms with Crippen LogP contribution >= 0.6 is 0 Å². The van der Waals surface area contributed by atoms with Crippen molar-refractivity contribution in [3.63, 3.8) is 0 Å². The van der Waals surface area contributed by atoms with Gasteiger partial charge in [-0.1, -0.05) is 101 Å². The lowest BCUT2D eigenvalue weighted by molar-refractivity contribution is -0.133. The molecule has 1 saturated carbocycles. The second kappa shape index (κ2) is 18.6. The second-order valence-corrected chi connectivity index (χ2v) is 14.2. The van der Waals surface area contributed by atoms with E-state index in [0.717, 1.165) is 48.8 Å². The lowest BCUT2D eigenvalue weighted by atomic mass is 9.83. The number of amides is 5. The number of carbonyl (C=O) groups is 5. The standard InChI is InChI=1S/C38H54N6O6/c1-23(2)34(44-37(49)31-20-27-16-10-11-17-28(27)22-40-31)38(50)42-29(18-25-12-6-4-7-13-25)32(45)21-33(46)41-24(3)36(48)43-30(35(39)47)19-26-14-8-5-9-15-26/h5,8-11,14-17,23-25,29-32,34,40,45H,4,6-7,12-13,18-22H2,1-3H3,(H2,39,47)(H,41,46)(H,42,50)(H,43,48)(H,44,49)/t24-,29-,30-,31?,32-,34-/m0/s1. The van der Waals surface area contributed by atoms with Gasteiger partial charge in [-0.05, 0) is 48.3 Å². The molecule has 2 aliphatic rings. The Hall–Kier alpha value is -4.29. The second-order valence-electron chi connectivity index (χ2n) is 14.2. The lowest BCUT2D eigenvalue weighted by Gasteiger charge is -2.33. The van der Waals surface area contributed by atoms with Crippen molar-refractivity contribution in [3.05, 3.63) is 71.3 Å². The first-order valence-electron chi connectivity index (χ1n) is 17.9. The van der Waals surface area contributed by atoms with Crippen molar-refractivity contribution in [3.8, 4) is 0 Å². The highest BCUT2D eigenvalue weighted by Crippen LogP contribution is 2.28. The molecule has 2 aromatic rings. The van der Waals surface area contributed by atoms with Gasteiger partial charge < -0.3 is 37.4 Å². The molecule has 12 heteroatoms. The highest BCUT2D eigenvalue weighted by atomic mass is 16.3. The molecule has 2 aromatic carbocycles. The minimum absolute atomic E-state index is 0.201. The van der Waals surface area contributed by atoms with E-state index in [0.29, 0.717) is 19.4 Å². The summed E-state index contributed by atoms with van der Waals surface area (Å²) in [7, 11) is 0. The molecule has 8 N–H and O–H groups in total. The molecule has 0 saturated heterocycles. The number of carbonyl (C=O) groups excluding carboxylic acids is 5. The van der Waals surface area contributed by atoms with Crippen LogP contribution < -0.4 is 32.3 Å². The van der Waals surface area contributed by atoms with Gasteiger partial charge in [0.15, 0.2) is 0 Å². The molecule has 0 aromatic heterocycles. The third kappa shape index (κ3) is 11.4. The number of hydrogen-bond donors (Lipinski definition) is 7. The third-order valence-corrected chi connectivity index (χ3v) is 9.86. The first-order chi connectivity index (χ1) is 23.9. The molecule has 1 aliphatic carbocycles. The number of fused-ring (bicyclic) bond motifs is 1. The van der Waals surface area contributed by atoms with E-state index in [9.17, 15) is 29.1 Å². The summed E-state index contributed by atoms with van der Waals surface area (Å²) >= 11 is 0. The van der Waals surface area contributed by atoms with Crippen LogP contribution in [0.4, 0.5) is 0 Å². The Balaban J connectivity index is 1.36. The summed E-state index contributed by atoms with van der Waals surface area (Å²) in [4.78, 5) is 65.2. The van der Waals surface area contributed by atoms with Crippen molar-refractivity contribution >= 4 is 29.5 Å². The molecule has 1 unspecified atom stereocenters. The maximum absolute atomic E-state index is 13.8. The molecule has 5 amide bonds. The molecule has 0 bridgehead atoms. The summed E-state index contributed by atoms with van der Waals surface area (Å²) in [5.74, 6) is -2.54. The van der Waals surface area contributed by atoms with Gasteiger partial charge in [0.05, 0.1) is 24.6 Å². The summed E-state index contributed by atoms with van der Waals surface area (Å²) in [6.45, 7) is 5.74. The zero-order chi connectivity index (χ0) is 36.2. The summed E-state index contributed by atoms with van der Waals surface area (Å²) in [5.41, 5.74) is 8.59. The van der Waals surface area contributed by atoms with Crippen LogP contribution in [0.15, 0.2) is 54.6 Å². The van der Waals surface area contributed by atoms with E-state index in [4.69, 9.17) is 5.73 Å². The summed E-state index contributed by atoms with van der Waals surface area (Å²) in [5, 5.41) is 25.7. The van der Waals surface area contributed by atoms with Gasteiger partial charge in [0.2, 0.25) is 29.5 Å². The largest absolute Gasteiger partial charge is 0.390 e. The fourth-order valence-corrected chi connectivity index (χ4v) is 6.86. The van der Waals surface area contributed by atoms with Crippen LogP contribution in [0.2, 0.25) is 0 Å². The molecule has 1 aliphatic heterocycles. The Labute approximate surface area is 295 Å². The maximum Gasteiger partial charge on any atom is 0.243 e. The number of hydrogen-bond acceptors (Lipinski definition) is 7. The number of nitrogens with two attached hydrogens (primary N) is 1. The van der Waals surface area contributed by atoms with E-state index in [1.165, 1.54) is 6.92 Å². The van der Waals surface area contributed by atoms with Gasteiger partial charge in [-0.25, -0.2) is 0 Å². The Kier molecular flexibility index (Phi) is 14.4. The smallest absolute Gasteiger partial charge is 0.243 e. The van der Waals surface area contributed by atoms with Crippen molar-refractivity contribution in [2.24, 2.45) is 17.6 Å². The van der Waals surface area contributed by atoms with Crippen LogP contribution in [0, 0.1) is 11.8 Å². The van der Waals surface area contributed by atoms with E-state index in [-0.39, 0.29) is 30.6 Å². The van der Waals surface area contributed by atoms with Gasteiger partial charge in [-0.2, -0.15) is 0 Å². The van der Waals surface area contributed by atoms with Crippen LogP contribution in [-0.2, 0) is 43.4 Å². The van der Waals surface area contributed by atoms with Crippen LogP contribution in [-0.4, -0.2) is 71.0 Å². The molecule has 12 nitrogen and oxygen atoms in total. The van der Waals surface area contributed by atoms with Crippen molar-refractivity contribution in [2.75, 3.05) is 0 Å². The molecular weight excluding hydrogens is 636 g/mol. The predicted molar refractivity (Wildman–Crippen MR) is 190 cm³/mol. The van der Waals surface area contributed by atoms with Crippen molar-refractivity contribution in [1.29, 1.82) is 0 Å². The Morgan fingerprint density at radius 3 is 2.16 bits per heavy atom. The normalized spacial score (nSPS) is 19.2. The maximum atomic E-state index is 13.8. The lowest BCUT2D eigenvalue weighted by Crippen LogP contribution is -2.58. The number of aliphatic hydroxyl groups excluding tert-OH is 1. The van der Waals surface area contributed by atoms with Gasteiger partial charge in [0.25, 0.3) is 0 Å². The van der Waals surface area contributed by atoms with E-state index in [2.05, 4.69) is 26.6 Å². The topological polar surface area (TPSA) is 192 Å². The molecule has 6 atom stereocenters. The van der Waals surface area contributed by atoms with E-state index in [1.807, 2.05) is 68.4 Å². The van der Waals surface area contributed by atoms with Crippen molar-refractivity contribution in [2.45, 2.75) is 121 Å². The van der Waals surface area contributed by atoms with E-state index < -0.39 is 59.9 Å². The van der Waals surface area contributed by atoms with Crippen molar-refractivity contribution in [1.82, 2.24) is 26.6 Å². The highest BCUT2D eigenvalue weighted by Gasteiger charge is 2.34. The average Bonchev–Trinajstić information content (AvgIpc) is 3.10. The Morgan fingerprint density at radius 2 is 1.50 bits per heavy atom. The predicted octanol–water partition coefficient (Wildman–Crippen LogP) is 1.77. The summed E-state index contributed by atoms with van der Waals surface area (Å²) in [6, 6.07) is 13.0. The number of benzene rings is 2. The zero-order valence-corrected chi connectivity index (χ0v) is 29.5. The summed E-state index contributed by atoms with van der Waals surface area (Å²) in [6.07, 6.45) is 4.79. The zero-order valence-electron chi connectivity index (χ0n) is 29.5. The molecule has 4 rings (SSSR count). The number of rotatable bonds is 16. The van der Waals surface area contributed by atoms with Gasteiger partial charge in [-0.15, -0.1) is 0 Å². The minimum atomic E-state index is -1.24. The van der Waals surface area contributed by atoms with Gasteiger partial charge in [0, 0.05) is 13.0 Å². The van der Waals surface area contributed by atoms with Gasteiger partial charge in [0.1, 0.15) is 18.1 Å². The third-order valence-electron chi connectivity index (χ3n) is 9.86. The fraction of sp³-hybridized carbons (Fsp3) is 0.553. The molecular formula is C38H54N6O6. The highest BCUT2D eigenvalue weighted by molar-refractivity contribution is 5.92. The Morgan fingerprint density at radius 1 is 0.840 bits per heavy atom.